The molecule has 0 aliphatic carbocycles. The molecule has 0 saturated carbocycles. The van der Waals surface area contributed by atoms with E-state index in [2.05, 4.69) is 10.7 Å². The Labute approximate surface area is 141 Å². The summed E-state index contributed by atoms with van der Waals surface area (Å²) in [7, 11) is 4.04. The summed E-state index contributed by atoms with van der Waals surface area (Å²) < 4.78 is 0. The number of carbonyl (C=O) groups excluding carboxylic acids is 2. The first kappa shape index (κ1) is 17.3. The van der Waals surface area contributed by atoms with Crippen LogP contribution >= 0.6 is 11.6 Å². The molecule has 6 nitrogen and oxygen atoms in total. The number of rotatable bonds is 6. The zero-order valence-electron chi connectivity index (χ0n) is 13.4. The van der Waals surface area contributed by atoms with E-state index in [4.69, 9.17) is 11.6 Å². The predicted molar refractivity (Wildman–Crippen MR) is 89.6 cm³/mol. The molecular weight excluding hydrogens is 316 g/mol. The van der Waals surface area contributed by atoms with Crippen LogP contribution in [-0.4, -0.2) is 50.6 Å². The van der Waals surface area contributed by atoms with E-state index in [1.54, 1.807) is 12.1 Å². The molecule has 3 N–H and O–H groups in total. The smallest absolute Gasteiger partial charge is 0.245 e. The van der Waals surface area contributed by atoms with Gasteiger partial charge in [-0.1, -0.05) is 23.7 Å². The number of nitrogens with one attached hydrogen (secondary N) is 3. The molecule has 1 heterocycles. The summed E-state index contributed by atoms with van der Waals surface area (Å²) in [5, 5.41) is 4.82. The molecule has 0 aromatic heterocycles. The molecule has 1 aliphatic rings. The third-order valence-corrected chi connectivity index (χ3v) is 3.69. The number of nitrogens with zero attached hydrogens (tertiary/aromatic N) is 1. The highest BCUT2D eigenvalue weighted by molar-refractivity contribution is 6.30. The van der Waals surface area contributed by atoms with Gasteiger partial charge in [-0.2, -0.15) is 0 Å². The van der Waals surface area contributed by atoms with Gasteiger partial charge in [0.2, 0.25) is 11.8 Å². The minimum atomic E-state index is -0.176. The molecule has 1 aromatic carbocycles. The largest absolute Gasteiger partial charge is 0.349 e. The van der Waals surface area contributed by atoms with E-state index in [9.17, 15) is 9.59 Å². The van der Waals surface area contributed by atoms with Gasteiger partial charge in [-0.3, -0.25) is 15.0 Å². The van der Waals surface area contributed by atoms with Gasteiger partial charge in [0.05, 0.1) is 32.9 Å². The van der Waals surface area contributed by atoms with Crippen molar-refractivity contribution in [3.63, 3.8) is 0 Å². The molecule has 0 fully saturated rings. The highest BCUT2D eigenvalue weighted by Crippen LogP contribution is 2.19. The lowest BCUT2D eigenvalue weighted by Gasteiger charge is -2.28. The zero-order valence-corrected chi connectivity index (χ0v) is 14.1. The van der Waals surface area contributed by atoms with Crippen molar-refractivity contribution in [2.24, 2.45) is 0 Å². The molecule has 0 atom stereocenters. The first-order valence-corrected chi connectivity index (χ1v) is 7.92. The third kappa shape index (κ3) is 5.26. The Kier molecular flexibility index (Phi) is 6.01. The number of hydrogen-bond donors (Lipinski definition) is 3. The maximum absolute atomic E-state index is 12.0. The first-order chi connectivity index (χ1) is 11.0. The first-order valence-electron chi connectivity index (χ1n) is 7.54. The Morgan fingerprint density at radius 3 is 2.70 bits per heavy atom. The predicted octanol–water partition coefficient (Wildman–Crippen LogP) is -0.321. The Morgan fingerprint density at radius 2 is 2.04 bits per heavy atom. The van der Waals surface area contributed by atoms with Crippen LogP contribution in [0.4, 0.5) is 0 Å². The van der Waals surface area contributed by atoms with Crippen LogP contribution in [0.2, 0.25) is 5.02 Å². The van der Waals surface area contributed by atoms with Gasteiger partial charge in [-0.25, -0.2) is 5.01 Å². The quantitative estimate of drug-likeness (QED) is 0.666. The van der Waals surface area contributed by atoms with Gasteiger partial charge in [0.15, 0.2) is 0 Å². The normalized spacial score (nSPS) is 14.5. The Balaban J connectivity index is 1.93. The van der Waals surface area contributed by atoms with Crippen molar-refractivity contribution in [3.05, 3.63) is 40.9 Å². The number of quaternary nitrogens is 1. The van der Waals surface area contributed by atoms with Crippen LogP contribution in [0.25, 0.3) is 5.70 Å². The van der Waals surface area contributed by atoms with E-state index in [1.807, 2.05) is 32.3 Å². The molecule has 1 aromatic rings. The number of amides is 2. The SMILES string of the molecule is C[NH+](C)CCNC(=O)CN1NC(c2ccc(Cl)cc2)=CCC1=O. The summed E-state index contributed by atoms with van der Waals surface area (Å²) in [4.78, 5) is 25.1. The van der Waals surface area contributed by atoms with Crippen LogP contribution in [0.5, 0.6) is 0 Å². The molecule has 0 saturated heterocycles. The van der Waals surface area contributed by atoms with Crippen molar-refractivity contribution in [1.82, 2.24) is 15.8 Å². The second-order valence-corrected chi connectivity index (χ2v) is 6.16. The summed E-state index contributed by atoms with van der Waals surface area (Å²) in [5.41, 5.74) is 4.72. The summed E-state index contributed by atoms with van der Waals surface area (Å²) in [6.45, 7) is 1.42. The van der Waals surface area contributed by atoms with Crippen molar-refractivity contribution in [1.29, 1.82) is 0 Å². The van der Waals surface area contributed by atoms with Crippen LogP contribution in [0.15, 0.2) is 30.3 Å². The van der Waals surface area contributed by atoms with E-state index in [1.165, 1.54) is 9.91 Å². The molecular formula is C16H22ClN4O2+. The summed E-state index contributed by atoms with van der Waals surface area (Å²) in [5.74, 6) is -0.305. The molecule has 0 spiro atoms. The second kappa shape index (κ2) is 7.99. The molecule has 2 rings (SSSR count). The lowest BCUT2D eigenvalue weighted by atomic mass is 10.1. The number of hydrogen-bond acceptors (Lipinski definition) is 3. The molecule has 0 radical (unpaired) electrons. The van der Waals surface area contributed by atoms with Crippen LogP contribution in [-0.2, 0) is 9.59 Å². The van der Waals surface area contributed by atoms with E-state index in [-0.39, 0.29) is 24.8 Å². The molecule has 124 valence electrons. The average molecular weight is 338 g/mol. The fourth-order valence-corrected chi connectivity index (χ4v) is 2.27. The highest BCUT2D eigenvalue weighted by atomic mass is 35.5. The summed E-state index contributed by atoms with van der Waals surface area (Å²) in [6.07, 6.45) is 2.08. The van der Waals surface area contributed by atoms with Gasteiger partial charge in [0.1, 0.15) is 6.54 Å². The third-order valence-electron chi connectivity index (χ3n) is 3.44. The molecule has 7 heteroatoms. The van der Waals surface area contributed by atoms with E-state index in [0.29, 0.717) is 11.6 Å². The van der Waals surface area contributed by atoms with Crippen LogP contribution in [0.1, 0.15) is 12.0 Å². The molecule has 0 bridgehead atoms. The second-order valence-electron chi connectivity index (χ2n) is 5.73. The van der Waals surface area contributed by atoms with Crippen molar-refractivity contribution in [2.75, 3.05) is 33.7 Å². The van der Waals surface area contributed by atoms with E-state index in [0.717, 1.165) is 17.8 Å². The maximum atomic E-state index is 12.0. The Hall–Kier alpha value is -2.05. The zero-order chi connectivity index (χ0) is 16.8. The van der Waals surface area contributed by atoms with E-state index < -0.39 is 0 Å². The van der Waals surface area contributed by atoms with Crippen molar-refractivity contribution in [3.8, 4) is 0 Å². The maximum Gasteiger partial charge on any atom is 0.245 e. The van der Waals surface area contributed by atoms with Crippen LogP contribution < -0.4 is 15.6 Å². The molecule has 23 heavy (non-hydrogen) atoms. The number of benzene rings is 1. The van der Waals surface area contributed by atoms with Crippen molar-refractivity contribution >= 4 is 29.1 Å². The number of halogens is 1. The highest BCUT2D eigenvalue weighted by Gasteiger charge is 2.22. The van der Waals surface area contributed by atoms with Gasteiger partial charge in [-0.15, -0.1) is 0 Å². The number of hydrazine groups is 1. The van der Waals surface area contributed by atoms with Crippen LogP contribution in [0.3, 0.4) is 0 Å². The fraction of sp³-hybridized carbons (Fsp3) is 0.375. The minimum absolute atomic E-state index is 0.00742. The number of likely N-dealkylation sites (N-methyl/N-ethyl adjacent to an activating group) is 1. The molecule has 2 amide bonds. The summed E-state index contributed by atoms with van der Waals surface area (Å²) in [6, 6.07) is 7.32. The van der Waals surface area contributed by atoms with E-state index >= 15 is 0 Å². The monoisotopic (exact) mass is 337 g/mol. The van der Waals surface area contributed by atoms with Gasteiger partial charge in [0, 0.05) is 11.4 Å². The van der Waals surface area contributed by atoms with Crippen LogP contribution in [0, 0.1) is 0 Å². The Bertz CT molecular complexity index is 599. The average Bonchev–Trinajstić information content (AvgIpc) is 2.50. The lowest BCUT2D eigenvalue weighted by molar-refractivity contribution is -0.856. The number of carbonyl (C=O) groups is 2. The Morgan fingerprint density at radius 1 is 1.35 bits per heavy atom. The fourth-order valence-electron chi connectivity index (χ4n) is 2.14. The molecule has 1 aliphatic heterocycles. The standard InChI is InChI=1S/C16H21ClN4O2/c1-20(2)10-9-18-15(22)11-21-16(23)8-7-14(19-21)12-3-5-13(17)6-4-12/h3-7,19H,8-11H2,1-2H3,(H,18,22)/p+1. The minimum Gasteiger partial charge on any atom is -0.349 e. The van der Waals surface area contributed by atoms with Gasteiger partial charge < -0.3 is 10.2 Å². The summed E-state index contributed by atoms with van der Waals surface area (Å²) >= 11 is 5.88. The topological polar surface area (TPSA) is 65.9 Å². The van der Waals surface area contributed by atoms with Gasteiger partial charge in [-0.05, 0) is 23.8 Å². The van der Waals surface area contributed by atoms with Gasteiger partial charge >= 0.3 is 0 Å². The molecule has 0 unspecified atom stereocenters. The van der Waals surface area contributed by atoms with Crippen molar-refractivity contribution in [2.45, 2.75) is 6.42 Å². The van der Waals surface area contributed by atoms with Crippen molar-refractivity contribution < 1.29 is 14.5 Å². The van der Waals surface area contributed by atoms with Gasteiger partial charge in [0.25, 0.3) is 0 Å². The lowest BCUT2D eigenvalue weighted by Crippen LogP contribution is -3.06.